The van der Waals surface area contributed by atoms with E-state index in [0.29, 0.717) is 0 Å². The van der Waals surface area contributed by atoms with Crippen LogP contribution in [0.4, 0.5) is 0 Å². The van der Waals surface area contributed by atoms with Crippen LogP contribution in [0.3, 0.4) is 0 Å². The van der Waals surface area contributed by atoms with Gasteiger partial charge in [0.2, 0.25) is 0 Å². The minimum atomic E-state index is -1.95. The van der Waals surface area contributed by atoms with Crippen LogP contribution in [0.1, 0.15) is 36.1 Å². The topological polar surface area (TPSA) is 0 Å². The van der Waals surface area contributed by atoms with Crippen molar-refractivity contribution in [2.45, 2.75) is 26.9 Å². The van der Waals surface area contributed by atoms with Crippen molar-refractivity contribution >= 4 is 61.9 Å². The molecule has 201 valence electrons. The van der Waals surface area contributed by atoms with Gasteiger partial charge in [-0.2, -0.15) is 17.5 Å². The average molecular weight is 625 g/mol. The molecule has 0 aliphatic heterocycles. The molecule has 0 unspecified atom stereocenters. The van der Waals surface area contributed by atoms with Crippen molar-refractivity contribution in [2.24, 2.45) is 0 Å². The van der Waals surface area contributed by atoms with Gasteiger partial charge in [-0.25, -0.2) is 0 Å². The van der Waals surface area contributed by atoms with E-state index in [2.05, 4.69) is 142 Å². The summed E-state index contributed by atoms with van der Waals surface area (Å²) < 4.78 is 0. The maximum Gasteiger partial charge on any atom is 3.00 e. The first-order valence-electron chi connectivity index (χ1n) is 13.5. The Bertz CT molecular complexity index is 1820. The largest absolute Gasteiger partial charge is 3.00 e. The standard InChI is InChI=1S/C28H24Si.C9H7.2CH3.Zr/c1-17-21-13-5-9-19-11-7-15-23(25(19)21)27(17)29(3,4)28-18(2)22-14-6-10-20-12-8-16-24(28)26(20)22;1-2-5-9-7-3-6-8(9)4-1;;;/h5-16H,1-4H3;1-7H;2*1H3;/q;3*-1;+3. The summed E-state index contributed by atoms with van der Waals surface area (Å²) in [5.74, 6) is 0. The van der Waals surface area contributed by atoms with Gasteiger partial charge in [0.15, 0.2) is 0 Å². The molecule has 0 N–H and O–H groups in total. The molecule has 1 radical (unpaired) electrons. The SMILES string of the molecule is CC1=C([Si](C)(C)C2=C(C)c3cccc4cccc2c34)c2cccc3cccc1c23.[CH3-].[CH3-].[Zr+3].c1ccc2[cH-]ccc2c1. The predicted molar refractivity (Wildman–Crippen MR) is 183 cm³/mol. The second-order valence-corrected chi connectivity index (χ2v) is 15.4. The van der Waals surface area contributed by atoms with Crippen molar-refractivity contribution in [1.29, 1.82) is 0 Å². The van der Waals surface area contributed by atoms with E-state index in [1.807, 2.05) is 0 Å². The van der Waals surface area contributed by atoms with Crippen LogP contribution in [-0.4, -0.2) is 8.07 Å². The zero-order valence-electron chi connectivity index (χ0n) is 25.0. The summed E-state index contributed by atoms with van der Waals surface area (Å²) in [5.41, 5.74) is 8.77. The first-order valence-corrected chi connectivity index (χ1v) is 16.5. The van der Waals surface area contributed by atoms with E-state index in [1.165, 1.54) is 65.7 Å². The van der Waals surface area contributed by atoms with E-state index in [0.717, 1.165) is 0 Å². The quantitative estimate of drug-likeness (QED) is 0.133. The van der Waals surface area contributed by atoms with Crippen molar-refractivity contribution in [3.05, 3.63) is 152 Å². The summed E-state index contributed by atoms with van der Waals surface area (Å²) in [6.07, 6.45) is 0. The van der Waals surface area contributed by atoms with E-state index in [1.54, 1.807) is 10.4 Å². The van der Waals surface area contributed by atoms with E-state index in [9.17, 15) is 0 Å². The minimum Gasteiger partial charge on any atom is -0.358 e. The zero-order chi connectivity index (χ0) is 26.0. The van der Waals surface area contributed by atoms with Crippen molar-refractivity contribution in [1.82, 2.24) is 0 Å². The maximum absolute atomic E-state index is 2.56. The molecule has 0 aromatic heterocycles. The number of rotatable bonds is 2. The molecular formula is C39H37SiZr. The minimum absolute atomic E-state index is 0. The number of allylic oxidation sites excluding steroid dienone is 2. The van der Waals surface area contributed by atoms with Crippen LogP contribution >= 0.6 is 0 Å². The third-order valence-corrected chi connectivity index (χ3v) is 12.5. The fourth-order valence-corrected chi connectivity index (χ4v) is 11.4. The van der Waals surface area contributed by atoms with Gasteiger partial charge in [-0.05, 0) is 79.2 Å². The summed E-state index contributed by atoms with van der Waals surface area (Å²) in [6.45, 7) is 9.80. The van der Waals surface area contributed by atoms with E-state index in [-0.39, 0.29) is 41.1 Å². The van der Waals surface area contributed by atoms with Crippen LogP contribution in [-0.2, 0) is 26.2 Å². The Hall–Kier alpha value is -3.19. The molecule has 0 heterocycles. The molecule has 0 nitrogen and oxygen atoms in total. The van der Waals surface area contributed by atoms with E-state index < -0.39 is 8.07 Å². The van der Waals surface area contributed by atoms with Crippen LogP contribution < -0.4 is 0 Å². The number of fused-ring (bicyclic) bond motifs is 1. The molecule has 0 fully saturated rings. The Morgan fingerprint density at radius 2 is 0.902 bits per heavy atom. The van der Waals surface area contributed by atoms with Crippen molar-refractivity contribution in [2.75, 3.05) is 0 Å². The first-order chi connectivity index (χ1) is 18.5. The smallest absolute Gasteiger partial charge is 0.358 e. The summed E-state index contributed by atoms with van der Waals surface area (Å²) in [5, 5.41) is 11.5. The molecule has 0 atom stereocenters. The fraction of sp³-hybridized carbons (Fsp3) is 0.103. The van der Waals surface area contributed by atoms with Crippen LogP contribution in [0.2, 0.25) is 13.1 Å². The molecule has 6 aromatic rings. The Labute approximate surface area is 265 Å². The first kappa shape index (κ1) is 30.8. The van der Waals surface area contributed by atoms with Gasteiger partial charge in [0.1, 0.15) is 8.07 Å². The molecule has 41 heavy (non-hydrogen) atoms. The summed E-state index contributed by atoms with van der Waals surface area (Å²) in [7, 11) is -1.95. The number of hydrogen-bond acceptors (Lipinski definition) is 0. The van der Waals surface area contributed by atoms with Crippen molar-refractivity contribution in [3.63, 3.8) is 0 Å². The van der Waals surface area contributed by atoms with Crippen LogP contribution in [0.25, 0.3) is 53.9 Å². The third-order valence-electron chi connectivity index (χ3n) is 8.70. The van der Waals surface area contributed by atoms with Gasteiger partial charge in [0.05, 0.1) is 0 Å². The second-order valence-electron chi connectivity index (χ2n) is 11.2. The van der Waals surface area contributed by atoms with Crippen molar-refractivity contribution in [3.8, 4) is 0 Å². The van der Waals surface area contributed by atoms with E-state index in [4.69, 9.17) is 0 Å². The summed E-state index contributed by atoms with van der Waals surface area (Å²) in [4.78, 5) is 0. The van der Waals surface area contributed by atoms with Crippen LogP contribution in [0.15, 0.2) is 115 Å². The average Bonchev–Trinajstić information content (AvgIpc) is 3.61. The Balaban J connectivity index is 0.000000277. The maximum atomic E-state index is 2.56. The molecule has 0 amide bonds. The third kappa shape index (κ3) is 4.66. The normalized spacial score (nSPS) is 13.1. The van der Waals surface area contributed by atoms with Crippen molar-refractivity contribution < 1.29 is 26.2 Å². The van der Waals surface area contributed by atoms with Crippen LogP contribution in [0.5, 0.6) is 0 Å². The molecule has 2 aliphatic rings. The Morgan fingerprint density at radius 1 is 0.488 bits per heavy atom. The fourth-order valence-electron chi connectivity index (χ4n) is 7.20. The molecule has 0 spiro atoms. The molecule has 0 saturated carbocycles. The second kappa shape index (κ2) is 11.6. The Morgan fingerprint density at radius 3 is 1.37 bits per heavy atom. The number of hydrogen-bond donors (Lipinski definition) is 0. The van der Waals surface area contributed by atoms with E-state index >= 15 is 0 Å². The van der Waals surface area contributed by atoms with Gasteiger partial charge < -0.3 is 14.9 Å². The van der Waals surface area contributed by atoms with Gasteiger partial charge in [-0.1, -0.05) is 92.0 Å². The predicted octanol–water partition coefficient (Wildman–Crippen LogP) is 11.4. The molecule has 0 bridgehead atoms. The van der Waals surface area contributed by atoms with Crippen LogP contribution in [0, 0.1) is 14.9 Å². The monoisotopic (exact) mass is 623 g/mol. The molecule has 2 aliphatic carbocycles. The van der Waals surface area contributed by atoms with Gasteiger partial charge in [0.25, 0.3) is 0 Å². The Kier molecular flexibility index (Phi) is 8.70. The molecular weight excluding hydrogens is 588 g/mol. The van der Waals surface area contributed by atoms with Gasteiger partial charge >= 0.3 is 26.2 Å². The number of benzene rings is 5. The van der Waals surface area contributed by atoms with Gasteiger partial charge in [-0.15, -0.1) is 29.7 Å². The molecule has 8 rings (SSSR count). The molecule has 2 heteroatoms. The molecule has 0 saturated heterocycles. The molecule has 6 aromatic carbocycles. The van der Waals surface area contributed by atoms with Gasteiger partial charge in [0, 0.05) is 0 Å². The summed E-state index contributed by atoms with van der Waals surface area (Å²) in [6, 6.07) is 41.9. The van der Waals surface area contributed by atoms with Gasteiger partial charge in [-0.3, -0.25) is 0 Å². The summed E-state index contributed by atoms with van der Waals surface area (Å²) >= 11 is 0. The zero-order valence-corrected chi connectivity index (χ0v) is 28.4.